The minimum atomic E-state index is -0.0606. The molecule has 25 heavy (non-hydrogen) atoms. The number of carbonyl (C=O) groups is 1. The fourth-order valence-corrected chi connectivity index (χ4v) is 3.27. The number of rotatable bonds is 3. The number of carbonyl (C=O) groups excluding carboxylic acids is 1. The molecular formula is C19H20N4O2. The zero-order chi connectivity index (χ0) is 17.2. The van der Waals surface area contributed by atoms with Crippen molar-refractivity contribution in [1.82, 2.24) is 19.0 Å². The maximum absolute atomic E-state index is 13.1. The Labute approximate surface area is 146 Å². The molecule has 3 heterocycles. The fourth-order valence-electron chi connectivity index (χ4n) is 3.27. The molecular weight excluding hydrogens is 316 g/mol. The zero-order valence-electron chi connectivity index (χ0n) is 14.1. The van der Waals surface area contributed by atoms with Crippen molar-refractivity contribution in [1.29, 1.82) is 0 Å². The van der Waals surface area contributed by atoms with Crippen LogP contribution in [-0.4, -0.2) is 44.7 Å². The molecule has 128 valence electrons. The minimum Gasteiger partial charge on any atom is -0.377 e. The Morgan fingerprint density at radius 1 is 1.20 bits per heavy atom. The molecule has 1 unspecified atom stereocenters. The van der Waals surface area contributed by atoms with Crippen LogP contribution in [-0.2, 0) is 11.8 Å². The molecule has 0 radical (unpaired) electrons. The van der Waals surface area contributed by atoms with E-state index in [1.165, 1.54) is 0 Å². The lowest BCUT2D eigenvalue weighted by molar-refractivity contribution is -0.00463. The van der Waals surface area contributed by atoms with E-state index in [0.29, 0.717) is 25.3 Å². The van der Waals surface area contributed by atoms with E-state index in [4.69, 9.17) is 4.74 Å². The summed E-state index contributed by atoms with van der Waals surface area (Å²) in [5, 5.41) is 0. The molecule has 1 atom stereocenters. The molecule has 1 aliphatic rings. The monoisotopic (exact) mass is 336 g/mol. The second kappa shape index (κ2) is 6.57. The van der Waals surface area contributed by atoms with Crippen LogP contribution in [0.2, 0.25) is 0 Å². The standard InChI is InChI=1S/C19H20N4O2/c1-21-9-2-3-17(21)18-13-25-12-11-23(18)19(24)15-4-6-16(7-5-15)22-10-8-20-14-22/h2-10,14,18H,11-13H2,1H3. The van der Waals surface area contributed by atoms with Gasteiger partial charge >= 0.3 is 0 Å². The Morgan fingerprint density at radius 2 is 2.04 bits per heavy atom. The normalized spacial score (nSPS) is 17.6. The summed E-state index contributed by atoms with van der Waals surface area (Å²) in [6.45, 7) is 1.69. The number of aromatic nitrogens is 3. The molecule has 3 aromatic rings. The number of hydrogen-bond donors (Lipinski definition) is 0. The van der Waals surface area contributed by atoms with Crippen LogP contribution in [0.15, 0.2) is 61.3 Å². The molecule has 0 bridgehead atoms. The van der Waals surface area contributed by atoms with Crippen molar-refractivity contribution < 1.29 is 9.53 Å². The van der Waals surface area contributed by atoms with Gasteiger partial charge in [-0.3, -0.25) is 4.79 Å². The summed E-state index contributed by atoms with van der Waals surface area (Å²) in [7, 11) is 1.99. The SMILES string of the molecule is Cn1cccc1C1COCCN1C(=O)c1ccc(-n2ccnc2)cc1. The average Bonchev–Trinajstić information content (AvgIpc) is 3.33. The summed E-state index contributed by atoms with van der Waals surface area (Å²) in [5.74, 6) is 0.0340. The lowest BCUT2D eigenvalue weighted by atomic mass is 10.1. The predicted octanol–water partition coefficient (Wildman–Crippen LogP) is 2.42. The van der Waals surface area contributed by atoms with E-state index >= 15 is 0 Å². The van der Waals surface area contributed by atoms with E-state index in [0.717, 1.165) is 11.4 Å². The number of morpholine rings is 1. The number of imidazole rings is 1. The van der Waals surface area contributed by atoms with Crippen LogP contribution in [0.3, 0.4) is 0 Å². The number of amides is 1. The van der Waals surface area contributed by atoms with Crippen LogP contribution in [0, 0.1) is 0 Å². The molecule has 1 fully saturated rings. The van der Waals surface area contributed by atoms with Gasteiger partial charge in [-0.1, -0.05) is 0 Å². The van der Waals surface area contributed by atoms with Crippen LogP contribution < -0.4 is 0 Å². The molecule has 1 amide bonds. The molecule has 1 aliphatic heterocycles. The third kappa shape index (κ3) is 2.96. The molecule has 6 nitrogen and oxygen atoms in total. The summed E-state index contributed by atoms with van der Waals surface area (Å²) in [5.41, 5.74) is 2.75. The van der Waals surface area contributed by atoms with E-state index < -0.39 is 0 Å². The summed E-state index contributed by atoms with van der Waals surface area (Å²) in [4.78, 5) is 19.0. The van der Waals surface area contributed by atoms with Crippen molar-refractivity contribution in [2.45, 2.75) is 6.04 Å². The second-order valence-corrected chi connectivity index (χ2v) is 6.15. The third-order valence-electron chi connectivity index (χ3n) is 4.63. The van der Waals surface area contributed by atoms with E-state index in [1.807, 2.05) is 69.9 Å². The van der Waals surface area contributed by atoms with Crippen molar-refractivity contribution in [2.75, 3.05) is 19.8 Å². The third-order valence-corrected chi connectivity index (χ3v) is 4.63. The Kier molecular flexibility index (Phi) is 4.11. The highest BCUT2D eigenvalue weighted by atomic mass is 16.5. The number of hydrogen-bond acceptors (Lipinski definition) is 3. The predicted molar refractivity (Wildman–Crippen MR) is 93.6 cm³/mol. The molecule has 0 aliphatic carbocycles. The molecule has 0 saturated carbocycles. The summed E-state index contributed by atoms with van der Waals surface area (Å²) >= 11 is 0. The Balaban J connectivity index is 1.59. The van der Waals surface area contributed by atoms with Crippen LogP contribution in [0.25, 0.3) is 5.69 Å². The van der Waals surface area contributed by atoms with Gasteiger partial charge in [-0.2, -0.15) is 0 Å². The highest BCUT2D eigenvalue weighted by Gasteiger charge is 2.30. The molecule has 1 aromatic carbocycles. The largest absolute Gasteiger partial charge is 0.377 e. The van der Waals surface area contributed by atoms with Gasteiger partial charge in [0.05, 0.1) is 25.6 Å². The second-order valence-electron chi connectivity index (χ2n) is 6.15. The first-order valence-corrected chi connectivity index (χ1v) is 8.32. The van der Waals surface area contributed by atoms with E-state index in [2.05, 4.69) is 4.98 Å². The van der Waals surface area contributed by atoms with Crippen molar-refractivity contribution in [3.8, 4) is 5.69 Å². The van der Waals surface area contributed by atoms with Gasteiger partial charge in [0, 0.05) is 49.1 Å². The first-order chi connectivity index (χ1) is 12.2. The van der Waals surface area contributed by atoms with E-state index in [9.17, 15) is 4.79 Å². The molecule has 4 rings (SSSR count). The molecule has 0 spiro atoms. The smallest absolute Gasteiger partial charge is 0.254 e. The minimum absolute atomic E-state index is 0.0340. The van der Waals surface area contributed by atoms with Gasteiger partial charge in [-0.05, 0) is 36.4 Å². The van der Waals surface area contributed by atoms with Gasteiger partial charge in [0.25, 0.3) is 5.91 Å². The maximum Gasteiger partial charge on any atom is 0.254 e. The molecule has 1 saturated heterocycles. The Hall–Kier alpha value is -2.86. The first-order valence-electron chi connectivity index (χ1n) is 8.32. The van der Waals surface area contributed by atoms with Crippen molar-refractivity contribution >= 4 is 5.91 Å². The van der Waals surface area contributed by atoms with Crippen molar-refractivity contribution in [2.24, 2.45) is 7.05 Å². The average molecular weight is 336 g/mol. The first kappa shape index (κ1) is 15.7. The van der Waals surface area contributed by atoms with E-state index in [-0.39, 0.29) is 11.9 Å². The number of aryl methyl sites for hydroxylation is 1. The number of benzene rings is 1. The van der Waals surface area contributed by atoms with Gasteiger partial charge in [-0.15, -0.1) is 0 Å². The Morgan fingerprint density at radius 3 is 2.72 bits per heavy atom. The molecule has 6 heteroatoms. The van der Waals surface area contributed by atoms with Gasteiger partial charge in [0.1, 0.15) is 0 Å². The van der Waals surface area contributed by atoms with Crippen LogP contribution >= 0.6 is 0 Å². The zero-order valence-corrected chi connectivity index (χ0v) is 14.1. The lowest BCUT2D eigenvalue weighted by Crippen LogP contribution is -2.44. The highest BCUT2D eigenvalue weighted by molar-refractivity contribution is 5.94. The van der Waals surface area contributed by atoms with Crippen molar-refractivity contribution in [3.63, 3.8) is 0 Å². The van der Waals surface area contributed by atoms with Gasteiger partial charge < -0.3 is 18.8 Å². The van der Waals surface area contributed by atoms with Gasteiger partial charge in [0.2, 0.25) is 0 Å². The van der Waals surface area contributed by atoms with Crippen LogP contribution in [0.5, 0.6) is 0 Å². The van der Waals surface area contributed by atoms with E-state index in [1.54, 1.807) is 12.5 Å². The lowest BCUT2D eigenvalue weighted by Gasteiger charge is -2.36. The number of nitrogens with zero attached hydrogens (tertiary/aromatic N) is 4. The summed E-state index contributed by atoms with van der Waals surface area (Å²) in [6.07, 6.45) is 7.35. The van der Waals surface area contributed by atoms with Gasteiger partial charge in [-0.25, -0.2) is 4.98 Å². The highest BCUT2D eigenvalue weighted by Crippen LogP contribution is 2.26. The van der Waals surface area contributed by atoms with Gasteiger partial charge in [0.15, 0.2) is 0 Å². The van der Waals surface area contributed by atoms with Crippen LogP contribution in [0.1, 0.15) is 22.1 Å². The van der Waals surface area contributed by atoms with Crippen molar-refractivity contribution in [3.05, 3.63) is 72.6 Å². The summed E-state index contributed by atoms with van der Waals surface area (Å²) in [6, 6.07) is 11.6. The summed E-state index contributed by atoms with van der Waals surface area (Å²) < 4.78 is 9.58. The molecule has 0 N–H and O–H groups in total. The topological polar surface area (TPSA) is 52.3 Å². The Bertz CT molecular complexity index is 852. The van der Waals surface area contributed by atoms with Crippen LogP contribution in [0.4, 0.5) is 0 Å². The quantitative estimate of drug-likeness (QED) is 0.738. The molecule has 2 aromatic heterocycles. The maximum atomic E-state index is 13.1. The number of ether oxygens (including phenoxy) is 1. The fraction of sp³-hybridized carbons (Fsp3) is 0.263.